The lowest BCUT2D eigenvalue weighted by molar-refractivity contribution is 0.274. The predicted molar refractivity (Wildman–Crippen MR) is 83.8 cm³/mol. The molecule has 0 aliphatic heterocycles. The van der Waals surface area contributed by atoms with Crippen LogP contribution in [0.4, 0.5) is 0 Å². The van der Waals surface area contributed by atoms with E-state index in [9.17, 15) is 5.26 Å². The highest BCUT2D eigenvalue weighted by Crippen LogP contribution is 2.33. The summed E-state index contributed by atoms with van der Waals surface area (Å²) in [4.78, 5) is 0. The molecule has 2 nitrogen and oxygen atoms in total. The molecule has 1 atom stereocenters. The minimum atomic E-state index is 0.389. The van der Waals surface area contributed by atoms with Crippen LogP contribution in [0.2, 0.25) is 5.02 Å². The molecular weight excluding hydrogens is 282 g/mol. The third kappa shape index (κ3) is 2.89. The molecule has 0 aromatic heterocycles. The lowest BCUT2D eigenvalue weighted by Gasteiger charge is -2.25. The minimum Gasteiger partial charge on any atom is -0.492 e. The van der Waals surface area contributed by atoms with E-state index in [1.54, 1.807) is 12.1 Å². The lowest BCUT2D eigenvalue weighted by atomic mass is 9.83. The van der Waals surface area contributed by atoms with Gasteiger partial charge in [0, 0.05) is 5.92 Å². The third-order valence-corrected chi connectivity index (χ3v) is 4.34. The summed E-state index contributed by atoms with van der Waals surface area (Å²) < 4.78 is 5.90. The molecule has 0 bridgehead atoms. The Morgan fingerprint density at radius 2 is 2.05 bits per heavy atom. The Morgan fingerprint density at radius 3 is 2.90 bits per heavy atom. The highest BCUT2D eigenvalue weighted by Gasteiger charge is 2.21. The van der Waals surface area contributed by atoms with Crippen LogP contribution in [-0.4, -0.2) is 6.61 Å². The Kier molecular flexibility index (Phi) is 4.13. The standard InChI is InChI=1S/C18H16ClNO/c19-17-9-4-10-18(16(17)11-20)21-12-14-7-3-6-13-5-1-2-8-15(13)14/h1-2,4-5,8-10,14H,3,6-7,12H2. The van der Waals surface area contributed by atoms with E-state index in [4.69, 9.17) is 16.3 Å². The van der Waals surface area contributed by atoms with Crippen molar-refractivity contribution in [3.8, 4) is 11.8 Å². The molecule has 1 aliphatic carbocycles. The normalized spacial score (nSPS) is 16.9. The third-order valence-electron chi connectivity index (χ3n) is 4.02. The zero-order valence-corrected chi connectivity index (χ0v) is 12.4. The molecule has 0 saturated carbocycles. The van der Waals surface area contributed by atoms with E-state index in [2.05, 4.69) is 30.3 Å². The van der Waals surface area contributed by atoms with Crippen molar-refractivity contribution in [3.05, 3.63) is 64.2 Å². The number of benzene rings is 2. The first-order valence-corrected chi connectivity index (χ1v) is 7.56. The number of rotatable bonds is 3. The number of hydrogen-bond donors (Lipinski definition) is 0. The average Bonchev–Trinajstić information content (AvgIpc) is 2.53. The number of nitriles is 1. The van der Waals surface area contributed by atoms with Gasteiger partial charge in [-0.25, -0.2) is 0 Å². The summed E-state index contributed by atoms with van der Waals surface area (Å²) in [6.07, 6.45) is 3.46. The van der Waals surface area contributed by atoms with Gasteiger partial charge in [-0.3, -0.25) is 0 Å². The van der Waals surface area contributed by atoms with Crippen LogP contribution in [-0.2, 0) is 6.42 Å². The van der Waals surface area contributed by atoms with Crippen molar-refractivity contribution in [1.82, 2.24) is 0 Å². The van der Waals surface area contributed by atoms with E-state index < -0.39 is 0 Å². The lowest BCUT2D eigenvalue weighted by Crippen LogP contribution is -2.16. The van der Waals surface area contributed by atoms with Crippen molar-refractivity contribution in [3.63, 3.8) is 0 Å². The molecule has 0 heterocycles. The molecule has 21 heavy (non-hydrogen) atoms. The number of nitrogens with zero attached hydrogens (tertiary/aromatic N) is 1. The maximum atomic E-state index is 9.18. The molecule has 1 aliphatic rings. The van der Waals surface area contributed by atoms with Crippen molar-refractivity contribution in [2.24, 2.45) is 0 Å². The number of fused-ring (bicyclic) bond motifs is 1. The zero-order valence-electron chi connectivity index (χ0n) is 11.7. The second-order valence-corrected chi connectivity index (χ2v) is 5.73. The molecule has 2 aromatic rings. The van der Waals surface area contributed by atoms with E-state index in [1.165, 1.54) is 17.5 Å². The number of ether oxygens (including phenoxy) is 1. The van der Waals surface area contributed by atoms with Gasteiger partial charge in [0.25, 0.3) is 0 Å². The van der Waals surface area contributed by atoms with Gasteiger partial charge < -0.3 is 4.74 Å². The monoisotopic (exact) mass is 297 g/mol. The first-order chi connectivity index (χ1) is 10.3. The van der Waals surface area contributed by atoms with Crippen LogP contribution in [0, 0.1) is 11.3 Å². The highest BCUT2D eigenvalue weighted by atomic mass is 35.5. The average molecular weight is 298 g/mol. The fraction of sp³-hybridized carbons (Fsp3) is 0.278. The van der Waals surface area contributed by atoms with Gasteiger partial charge >= 0.3 is 0 Å². The highest BCUT2D eigenvalue weighted by molar-refractivity contribution is 6.31. The summed E-state index contributed by atoms with van der Waals surface area (Å²) in [7, 11) is 0. The summed E-state index contributed by atoms with van der Waals surface area (Å²) in [5.74, 6) is 0.966. The Labute approximate surface area is 129 Å². The molecule has 3 heteroatoms. The van der Waals surface area contributed by atoms with E-state index in [0.717, 1.165) is 12.8 Å². The summed E-state index contributed by atoms with van der Waals surface area (Å²) in [6, 6.07) is 16.0. The van der Waals surface area contributed by atoms with E-state index >= 15 is 0 Å². The van der Waals surface area contributed by atoms with Crippen LogP contribution in [0.3, 0.4) is 0 Å². The first-order valence-electron chi connectivity index (χ1n) is 7.19. The van der Waals surface area contributed by atoms with Crippen molar-refractivity contribution >= 4 is 11.6 Å². The fourth-order valence-electron chi connectivity index (χ4n) is 2.95. The molecule has 0 N–H and O–H groups in total. The molecule has 2 aromatic carbocycles. The van der Waals surface area contributed by atoms with Crippen molar-refractivity contribution in [2.45, 2.75) is 25.2 Å². The van der Waals surface area contributed by atoms with Gasteiger partial charge in [-0.2, -0.15) is 5.26 Å². The zero-order chi connectivity index (χ0) is 14.7. The van der Waals surface area contributed by atoms with Gasteiger partial charge in [-0.05, 0) is 42.5 Å². The Bertz CT molecular complexity index is 690. The van der Waals surface area contributed by atoms with Crippen LogP contribution in [0.5, 0.6) is 5.75 Å². The summed E-state index contributed by atoms with van der Waals surface area (Å²) >= 11 is 6.03. The van der Waals surface area contributed by atoms with Crippen LogP contribution < -0.4 is 4.74 Å². The summed E-state index contributed by atoms with van der Waals surface area (Å²) in [5, 5.41) is 9.62. The fourth-order valence-corrected chi connectivity index (χ4v) is 3.16. The van der Waals surface area contributed by atoms with Crippen molar-refractivity contribution < 1.29 is 4.74 Å². The Hall–Kier alpha value is -1.98. The number of hydrogen-bond acceptors (Lipinski definition) is 2. The second kappa shape index (κ2) is 6.20. The predicted octanol–water partition coefficient (Wildman–Crippen LogP) is 4.71. The molecule has 3 rings (SSSR count). The smallest absolute Gasteiger partial charge is 0.138 e. The molecule has 0 fully saturated rings. The SMILES string of the molecule is N#Cc1c(Cl)cccc1OCC1CCCc2ccccc21. The second-order valence-electron chi connectivity index (χ2n) is 5.32. The van der Waals surface area contributed by atoms with Crippen LogP contribution in [0.15, 0.2) is 42.5 Å². The molecule has 0 saturated heterocycles. The maximum absolute atomic E-state index is 9.18. The topological polar surface area (TPSA) is 33.0 Å². The summed E-state index contributed by atoms with van der Waals surface area (Å²) in [5.41, 5.74) is 3.22. The van der Waals surface area contributed by atoms with Crippen LogP contribution in [0.25, 0.3) is 0 Å². The minimum absolute atomic E-state index is 0.389. The van der Waals surface area contributed by atoms with Crippen LogP contribution in [0.1, 0.15) is 35.4 Å². The van der Waals surface area contributed by atoms with Crippen LogP contribution >= 0.6 is 11.6 Å². The van der Waals surface area contributed by atoms with Crippen molar-refractivity contribution in [1.29, 1.82) is 5.26 Å². The van der Waals surface area contributed by atoms with E-state index in [-0.39, 0.29) is 0 Å². The van der Waals surface area contributed by atoms with Gasteiger partial charge in [0.15, 0.2) is 0 Å². The molecule has 0 radical (unpaired) electrons. The van der Waals surface area contributed by atoms with E-state index in [0.29, 0.717) is 28.9 Å². The van der Waals surface area contributed by atoms with E-state index in [1.807, 2.05) is 6.07 Å². The molecular formula is C18H16ClNO. The van der Waals surface area contributed by atoms with Gasteiger partial charge in [0.1, 0.15) is 17.4 Å². The number of halogens is 1. The Balaban J connectivity index is 1.78. The number of aryl methyl sites for hydroxylation is 1. The van der Waals surface area contributed by atoms with Gasteiger partial charge in [-0.1, -0.05) is 41.9 Å². The summed E-state index contributed by atoms with van der Waals surface area (Å²) in [6.45, 7) is 0.589. The maximum Gasteiger partial charge on any atom is 0.138 e. The van der Waals surface area contributed by atoms with Gasteiger partial charge in [-0.15, -0.1) is 0 Å². The molecule has 0 spiro atoms. The molecule has 106 valence electrons. The Morgan fingerprint density at radius 1 is 1.19 bits per heavy atom. The molecule has 0 amide bonds. The molecule has 1 unspecified atom stereocenters. The van der Waals surface area contributed by atoms with Gasteiger partial charge in [0.2, 0.25) is 0 Å². The van der Waals surface area contributed by atoms with Crippen molar-refractivity contribution in [2.75, 3.05) is 6.61 Å². The largest absolute Gasteiger partial charge is 0.492 e. The van der Waals surface area contributed by atoms with Gasteiger partial charge in [0.05, 0.1) is 11.6 Å². The quantitative estimate of drug-likeness (QED) is 0.822. The first kappa shape index (κ1) is 14.0.